The lowest BCUT2D eigenvalue weighted by Crippen LogP contribution is -2.32. The van der Waals surface area contributed by atoms with Crippen molar-refractivity contribution in [2.75, 3.05) is 6.54 Å². The van der Waals surface area contributed by atoms with Crippen LogP contribution >= 0.6 is 0 Å². The second kappa shape index (κ2) is 8.38. The number of carbonyl (C=O) groups excluding carboxylic acids is 1. The average Bonchev–Trinajstić information content (AvgIpc) is 2.58. The first kappa shape index (κ1) is 16.3. The number of hydrogen-bond acceptors (Lipinski definition) is 1. The summed E-state index contributed by atoms with van der Waals surface area (Å²) in [7, 11) is 0. The van der Waals surface area contributed by atoms with E-state index in [0.717, 1.165) is 18.4 Å². The number of amides is 1. The van der Waals surface area contributed by atoms with E-state index in [1.54, 1.807) is 0 Å². The molecular formula is C20H25NO. The predicted octanol–water partition coefficient (Wildman–Crippen LogP) is 4.49. The highest BCUT2D eigenvalue weighted by Gasteiger charge is 2.19. The lowest BCUT2D eigenvalue weighted by molar-refractivity contribution is -0.122. The van der Waals surface area contributed by atoms with Gasteiger partial charge in [-0.3, -0.25) is 4.79 Å². The third-order valence-electron chi connectivity index (χ3n) is 4.21. The lowest BCUT2D eigenvalue weighted by atomic mass is 9.94. The van der Waals surface area contributed by atoms with E-state index in [-0.39, 0.29) is 11.8 Å². The normalized spacial score (nSPS) is 13.4. The Labute approximate surface area is 133 Å². The maximum Gasteiger partial charge on any atom is 0.227 e. The number of carbonyl (C=O) groups is 1. The Kier molecular flexibility index (Phi) is 6.20. The molecular weight excluding hydrogens is 270 g/mol. The van der Waals surface area contributed by atoms with Crippen LogP contribution in [0.25, 0.3) is 0 Å². The minimum absolute atomic E-state index is 0.0607. The summed E-state index contributed by atoms with van der Waals surface area (Å²) in [6.07, 6.45) is 1.84. The van der Waals surface area contributed by atoms with Crippen LogP contribution in [-0.4, -0.2) is 12.5 Å². The quantitative estimate of drug-likeness (QED) is 0.801. The Morgan fingerprint density at radius 2 is 1.41 bits per heavy atom. The third-order valence-corrected chi connectivity index (χ3v) is 4.21. The number of benzene rings is 2. The second-order valence-electron chi connectivity index (χ2n) is 5.63. The summed E-state index contributed by atoms with van der Waals surface area (Å²) in [5, 5.41) is 3.14. The molecule has 2 heteroatoms. The van der Waals surface area contributed by atoms with Gasteiger partial charge in [-0.05, 0) is 24.0 Å². The first-order valence-electron chi connectivity index (χ1n) is 8.13. The first-order chi connectivity index (χ1) is 10.8. The molecule has 0 saturated heterocycles. The molecule has 2 aromatic carbocycles. The van der Waals surface area contributed by atoms with Gasteiger partial charge in [0, 0.05) is 12.5 Å². The maximum absolute atomic E-state index is 12.5. The SMILES string of the molecule is CCC(CNC(=O)C(CC)c1ccccc1)c1ccccc1. The van der Waals surface area contributed by atoms with E-state index in [1.165, 1.54) is 5.56 Å². The predicted molar refractivity (Wildman–Crippen MR) is 92.0 cm³/mol. The average molecular weight is 295 g/mol. The Morgan fingerprint density at radius 1 is 0.864 bits per heavy atom. The molecule has 0 fully saturated rings. The number of nitrogens with one attached hydrogen (secondary N) is 1. The van der Waals surface area contributed by atoms with Gasteiger partial charge in [0.1, 0.15) is 0 Å². The largest absolute Gasteiger partial charge is 0.355 e. The summed E-state index contributed by atoms with van der Waals surface area (Å²) in [5.41, 5.74) is 2.38. The smallest absolute Gasteiger partial charge is 0.227 e. The summed E-state index contributed by atoms with van der Waals surface area (Å²) in [6.45, 7) is 4.92. The Morgan fingerprint density at radius 3 is 1.91 bits per heavy atom. The summed E-state index contributed by atoms with van der Waals surface area (Å²) in [6, 6.07) is 20.4. The van der Waals surface area contributed by atoms with E-state index < -0.39 is 0 Å². The zero-order valence-electron chi connectivity index (χ0n) is 13.5. The molecule has 0 aliphatic heterocycles. The highest BCUT2D eigenvalue weighted by atomic mass is 16.1. The summed E-state index contributed by atoms with van der Waals surface area (Å²) in [4.78, 5) is 12.5. The van der Waals surface area contributed by atoms with Crippen molar-refractivity contribution in [3.8, 4) is 0 Å². The molecule has 1 N–H and O–H groups in total. The molecule has 0 aliphatic carbocycles. The first-order valence-corrected chi connectivity index (χ1v) is 8.13. The van der Waals surface area contributed by atoms with Gasteiger partial charge < -0.3 is 5.32 Å². The Balaban J connectivity index is 1.99. The molecule has 2 unspecified atom stereocenters. The van der Waals surface area contributed by atoms with E-state index in [9.17, 15) is 4.79 Å². The fourth-order valence-electron chi connectivity index (χ4n) is 2.83. The summed E-state index contributed by atoms with van der Waals surface area (Å²) in [5.74, 6) is 0.441. The third kappa shape index (κ3) is 4.20. The molecule has 0 radical (unpaired) electrons. The summed E-state index contributed by atoms with van der Waals surface area (Å²) >= 11 is 0. The van der Waals surface area contributed by atoms with E-state index in [1.807, 2.05) is 36.4 Å². The van der Waals surface area contributed by atoms with Gasteiger partial charge in [0.2, 0.25) is 5.91 Å². The van der Waals surface area contributed by atoms with Crippen LogP contribution in [0.3, 0.4) is 0 Å². The Hall–Kier alpha value is -2.09. The molecule has 2 atom stereocenters. The maximum atomic E-state index is 12.5. The summed E-state index contributed by atoms with van der Waals surface area (Å²) < 4.78 is 0. The standard InChI is InChI=1S/C20H25NO/c1-3-16(17-11-7-5-8-12-17)15-21-20(22)19(4-2)18-13-9-6-10-14-18/h5-14,16,19H,3-4,15H2,1-2H3,(H,21,22). The van der Waals surface area contributed by atoms with Crippen molar-refractivity contribution in [2.24, 2.45) is 0 Å². The van der Waals surface area contributed by atoms with Gasteiger partial charge in [-0.15, -0.1) is 0 Å². The second-order valence-corrected chi connectivity index (χ2v) is 5.63. The van der Waals surface area contributed by atoms with Crippen LogP contribution in [0.5, 0.6) is 0 Å². The van der Waals surface area contributed by atoms with Crippen LogP contribution in [0.15, 0.2) is 60.7 Å². The van der Waals surface area contributed by atoms with Crippen molar-refractivity contribution < 1.29 is 4.79 Å². The minimum Gasteiger partial charge on any atom is -0.355 e. The van der Waals surface area contributed by atoms with Crippen molar-refractivity contribution in [1.29, 1.82) is 0 Å². The monoisotopic (exact) mass is 295 g/mol. The minimum atomic E-state index is -0.0607. The molecule has 116 valence electrons. The highest BCUT2D eigenvalue weighted by Crippen LogP contribution is 2.21. The van der Waals surface area contributed by atoms with Gasteiger partial charge >= 0.3 is 0 Å². The molecule has 2 nitrogen and oxygen atoms in total. The fourth-order valence-corrected chi connectivity index (χ4v) is 2.83. The topological polar surface area (TPSA) is 29.1 Å². The molecule has 0 saturated carbocycles. The van der Waals surface area contributed by atoms with Crippen molar-refractivity contribution in [1.82, 2.24) is 5.32 Å². The molecule has 0 aliphatic rings. The van der Waals surface area contributed by atoms with Gasteiger partial charge in [-0.1, -0.05) is 74.5 Å². The molecule has 2 rings (SSSR count). The highest BCUT2D eigenvalue weighted by molar-refractivity contribution is 5.83. The fraction of sp³-hybridized carbons (Fsp3) is 0.350. The van der Waals surface area contributed by atoms with Crippen LogP contribution in [0.4, 0.5) is 0 Å². The van der Waals surface area contributed by atoms with E-state index in [0.29, 0.717) is 12.5 Å². The molecule has 0 spiro atoms. The van der Waals surface area contributed by atoms with Crippen LogP contribution in [0.2, 0.25) is 0 Å². The van der Waals surface area contributed by atoms with Crippen LogP contribution < -0.4 is 5.32 Å². The lowest BCUT2D eigenvalue weighted by Gasteiger charge is -2.20. The van der Waals surface area contributed by atoms with Crippen LogP contribution in [0, 0.1) is 0 Å². The van der Waals surface area contributed by atoms with Gasteiger partial charge in [-0.2, -0.15) is 0 Å². The molecule has 22 heavy (non-hydrogen) atoms. The van der Waals surface area contributed by atoms with Crippen molar-refractivity contribution >= 4 is 5.91 Å². The van der Waals surface area contributed by atoms with Gasteiger partial charge in [0.25, 0.3) is 0 Å². The zero-order chi connectivity index (χ0) is 15.8. The van der Waals surface area contributed by atoms with Gasteiger partial charge in [-0.25, -0.2) is 0 Å². The van der Waals surface area contributed by atoms with Crippen LogP contribution in [-0.2, 0) is 4.79 Å². The molecule has 0 heterocycles. The van der Waals surface area contributed by atoms with Crippen molar-refractivity contribution in [3.05, 3.63) is 71.8 Å². The Bertz CT molecular complexity index is 565. The van der Waals surface area contributed by atoms with Gasteiger partial charge in [0.15, 0.2) is 0 Å². The number of rotatable bonds is 7. The van der Waals surface area contributed by atoms with E-state index >= 15 is 0 Å². The zero-order valence-corrected chi connectivity index (χ0v) is 13.5. The number of hydrogen-bond donors (Lipinski definition) is 1. The molecule has 0 aromatic heterocycles. The van der Waals surface area contributed by atoms with Crippen molar-refractivity contribution in [3.63, 3.8) is 0 Å². The van der Waals surface area contributed by atoms with Crippen LogP contribution in [0.1, 0.15) is 49.7 Å². The molecule has 0 bridgehead atoms. The van der Waals surface area contributed by atoms with Crippen molar-refractivity contribution in [2.45, 2.75) is 38.5 Å². The van der Waals surface area contributed by atoms with Gasteiger partial charge in [0.05, 0.1) is 5.92 Å². The molecule has 1 amide bonds. The van der Waals surface area contributed by atoms with E-state index in [2.05, 4.69) is 43.4 Å². The molecule has 2 aromatic rings. The van der Waals surface area contributed by atoms with E-state index in [4.69, 9.17) is 0 Å².